The Morgan fingerprint density at radius 1 is 0.810 bits per heavy atom. The Morgan fingerprint density at radius 2 is 1.52 bits per heavy atom. The van der Waals surface area contributed by atoms with Crippen LogP contribution in [-0.4, -0.2) is 20.3 Å². The highest BCUT2D eigenvalue weighted by Gasteiger charge is 2.16. The molecule has 2 aromatic rings. The number of anilines is 2. The molecule has 0 N–H and O–H groups in total. The van der Waals surface area contributed by atoms with Crippen LogP contribution in [0.4, 0.5) is 11.4 Å². The normalized spacial score (nSPS) is 15.7. The summed E-state index contributed by atoms with van der Waals surface area (Å²) in [7, 11) is 2.10. The average molecular weight is 281 g/mol. The zero-order chi connectivity index (χ0) is 14.2. The third-order valence-corrected chi connectivity index (χ3v) is 4.38. The van der Waals surface area contributed by atoms with E-state index < -0.39 is 0 Å². The predicted molar refractivity (Wildman–Crippen MR) is 84.0 cm³/mol. The average Bonchev–Trinajstić information content (AvgIpc) is 3.01. The van der Waals surface area contributed by atoms with Crippen LogP contribution in [0.3, 0.4) is 0 Å². The van der Waals surface area contributed by atoms with Gasteiger partial charge in [0, 0.05) is 24.5 Å². The third-order valence-electron chi connectivity index (χ3n) is 4.38. The molecular weight excluding hydrogens is 262 g/mol. The van der Waals surface area contributed by atoms with E-state index in [-0.39, 0.29) is 0 Å². The highest BCUT2D eigenvalue weighted by molar-refractivity contribution is 5.67. The Labute approximate surface area is 125 Å². The predicted octanol–water partition coefficient (Wildman–Crippen LogP) is 3.71. The monoisotopic (exact) mass is 281 g/mol. The van der Waals surface area contributed by atoms with E-state index in [1.807, 2.05) is 6.07 Å². The first kappa shape index (κ1) is 12.6. The molecule has 108 valence electrons. The first-order valence-electron chi connectivity index (χ1n) is 7.56. The van der Waals surface area contributed by atoms with Crippen LogP contribution in [0.25, 0.3) is 0 Å². The minimum atomic E-state index is 0.624. The molecule has 1 heterocycles. The summed E-state index contributed by atoms with van der Waals surface area (Å²) in [6, 6.07) is 12.9. The van der Waals surface area contributed by atoms with Crippen molar-refractivity contribution in [2.75, 3.05) is 25.2 Å². The lowest BCUT2D eigenvalue weighted by atomic mass is 10.1. The third kappa shape index (κ3) is 2.23. The molecule has 0 bridgehead atoms. The Kier molecular flexibility index (Phi) is 2.99. The molecule has 3 heteroatoms. The first-order chi connectivity index (χ1) is 10.3. The van der Waals surface area contributed by atoms with E-state index in [1.54, 1.807) is 0 Å². The lowest BCUT2D eigenvalue weighted by molar-refractivity contribution is 0.171. The molecule has 0 atom stereocenters. The van der Waals surface area contributed by atoms with Gasteiger partial charge in [-0.1, -0.05) is 6.07 Å². The molecule has 4 rings (SSSR count). The van der Waals surface area contributed by atoms with Crippen LogP contribution in [0.2, 0.25) is 0 Å². The second-order valence-corrected chi connectivity index (χ2v) is 5.69. The van der Waals surface area contributed by atoms with Gasteiger partial charge in [-0.05, 0) is 54.7 Å². The summed E-state index contributed by atoms with van der Waals surface area (Å²) in [5, 5.41) is 0. The van der Waals surface area contributed by atoms with Crippen molar-refractivity contribution in [3.63, 3.8) is 0 Å². The highest BCUT2D eigenvalue weighted by Crippen LogP contribution is 2.36. The summed E-state index contributed by atoms with van der Waals surface area (Å²) in [5.74, 6) is 1.68. The number of fused-ring (bicyclic) bond motifs is 2. The summed E-state index contributed by atoms with van der Waals surface area (Å²) in [4.78, 5) is 2.21. The van der Waals surface area contributed by atoms with Crippen molar-refractivity contribution in [1.82, 2.24) is 0 Å². The summed E-state index contributed by atoms with van der Waals surface area (Å²) in [5.41, 5.74) is 5.36. The maximum atomic E-state index is 5.67. The molecular formula is C18H19NO2. The van der Waals surface area contributed by atoms with Crippen LogP contribution >= 0.6 is 0 Å². The van der Waals surface area contributed by atoms with Gasteiger partial charge in [0.15, 0.2) is 11.5 Å². The SMILES string of the molecule is CN(c1ccc2c(c1)CCC2)c1ccc2c(c1)OCCO2. The molecule has 1 aliphatic heterocycles. The summed E-state index contributed by atoms with van der Waals surface area (Å²) in [6.45, 7) is 1.26. The molecule has 3 nitrogen and oxygen atoms in total. The molecule has 0 aromatic heterocycles. The molecule has 21 heavy (non-hydrogen) atoms. The van der Waals surface area contributed by atoms with Crippen LogP contribution in [-0.2, 0) is 12.8 Å². The molecule has 0 saturated carbocycles. The van der Waals surface area contributed by atoms with Crippen molar-refractivity contribution in [3.8, 4) is 11.5 Å². The van der Waals surface area contributed by atoms with E-state index in [0.717, 1.165) is 17.2 Å². The number of rotatable bonds is 2. The Balaban J connectivity index is 1.66. The number of nitrogens with zero attached hydrogens (tertiary/aromatic N) is 1. The van der Waals surface area contributed by atoms with Gasteiger partial charge in [-0.3, -0.25) is 0 Å². The molecule has 1 aliphatic carbocycles. The number of ether oxygens (including phenoxy) is 2. The van der Waals surface area contributed by atoms with E-state index in [9.17, 15) is 0 Å². The van der Waals surface area contributed by atoms with Gasteiger partial charge in [0.25, 0.3) is 0 Å². The summed E-state index contributed by atoms with van der Waals surface area (Å²) >= 11 is 0. The standard InChI is InChI=1S/C18H19NO2/c1-19(15-6-5-13-3-2-4-14(13)11-15)16-7-8-17-18(12-16)21-10-9-20-17/h5-8,11-12H,2-4,9-10H2,1H3. The Bertz CT molecular complexity index is 681. The highest BCUT2D eigenvalue weighted by atomic mass is 16.6. The van der Waals surface area contributed by atoms with Gasteiger partial charge in [0.05, 0.1) is 0 Å². The van der Waals surface area contributed by atoms with Crippen LogP contribution in [0.1, 0.15) is 17.5 Å². The molecule has 0 amide bonds. The van der Waals surface area contributed by atoms with Gasteiger partial charge < -0.3 is 14.4 Å². The van der Waals surface area contributed by atoms with Gasteiger partial charge in [0.2, 0.25) is 0 Å². The van der Waals surface area contributed by atoms with E-state index in [2.05, 4.69) is 42.3 Å². The molecule has 0 spiro atoms. The fourth-order valence-electron chi connectivity index (χ4n) is 3.16. The lowest BCUT2D eigenvalue weighted by Crippen LogP contribution is -2.16. The number of hydrogen-bond donors (Lipinski definition) is 0. The number of aryl methyl sites for hydroxylation is 2. The van der Waals surface area contributed by atoms with E-state index in [1.165, 1.54) is 36.1 Å². The minimum Gasteiger partial charge on any atom is -0.486 e. The summed E-state index contributed by atoms with van der Waals surface area (Å²) in [6.07, 6.45) is 3.72. The van der Waals surface area contributed by atoms with Gasteiger partial charge >= 0.3 is 0 Å². The zero-order valence-corrected chi connectivity index (χ0v) is 12.3. The van der Waals surface area contributed by atoms with Gasteiger partial charge in [-0.15, -0.1) is 0 Å². The quantitative estimate of drug-likeness (QED) is 0.837. The van der Waals surface area contributed by atoms with Crippen LogP contribution < -0.4 is 14.4 Å². The number of hydrogen-bond acceptors (Lipinski definition) is 3. The molecule has 0 unspecified atom stereocenters. The summed E-state index contributed by atoms with van der Waals surface area (Å²) < 4.78 is 11.3. The lowest BCUT2D eigenvalue weighted by Gasteiger charge is -2.24. The maximum Gasteiger partial charge on any atom is 0.163 e. The fraction of sp³-hybridized carbons (Fsp3) is 0.333. The van der Waals surface area contributed by atoms with E-state index >= 15 is 0 Å². The topological polar surface area (TPSA) is 21.7 Å². The number of benzene rings is 2. The van der Waals surface area contributed by atoms with Crippen LogP contribution in [0.15, 0.2) is 36.4 Å². The zero-order valence-electron chi connectivity index (χ0n) is 12.3. The van der Waals surface area contributed by atoms with Crippen molar-refractivity contribution in [2.45, 2.75) is 19.3 Å². The van der Waals surface area contributed by atoms with Crippen LogP contribution in [0, 0.1) is 0 Å². The van der Waals surface area contributed by atoms with E-state index in [4.69, 9.17) is 9.47 Å². The Morgan fingerprint density at radius 3 is 2.43 bits per heavy atom. The van der Waals surface area contributed by atoms with Crippen LogP contribution in [0.5, 0.6) is 11.5 Å². The molecule has 2 aromatic carbocycles. The molecule has 0 radical (unpaired) electrons. The second-order valence-electron chi connectivity index (χ2n) is 5.69. The molecule has 0 saturated heterocycles. The van der Waals surface area contributed by atoms with Crippen molar-refractivity contribution in [3.05, 3.63) is 47.5 Å². The first-order valence-corrected chi connectivity index (χ1v) is 7.56. The van der Waals surface area contributed by atoms with Gasteiger partial charge in [0.1, 0.15) is 13.2 Å². The molecule has 2 aliphatic rings. The maximum absolute atomic E-state index is 5.67. The molecule has 0 fully saturated rings. The van der Waals surface area contributed by atoms with Crippen molar-refractivity contribution < 1.29 is 9.47 Å². The van der Waals surface area contributed by atoms with Gasteiger partial charge in [-0.2, -0.15) is 0 Å². The van der Waals surface area contributed by atoms with E-state index in [0.29, 0.717) is 13.2 Å². The van der Waals surface area contributed by atoms with Crippen molar-refractivity contribution >= 4 is 11.4 Å². The smallest absolute Gasteiger partial charge is 0.163 e. The van der Waals surface area contributed by atoms with Crippen molar-refractivity contribution in [2.24, 2.45) is 0 Å². The fourth-order valence-corrected chi connectivity index (χ4v) is 3.16. The van der Waals surface area contributed by atoms with Crippen molar-refractivity contribution in [1.29, 1.82) is 0 Å². The largest absolute Gasteiger partial charge is 0.486 e. The van der Waals surface area contributed by atoms with Gasteiger partial charge in [-0.25, -0.2) is 0 Å². The Hall–Kier alpha value is -2.16. The second kappa shape index (κ2) is 4.99. The minimum absolute atomic E-state index is 0.624.